The summed E-state index contributed by atoms with van der Waals surface area (Å²) in [7, 11) is 0. The van der Waals surface area contributed by atoms with E-state index in [9.17, 15) is 9.59 Å². The molecule has 0 radical (unpaired) electrons. The van der Waals surface area contributed by atoms with Gasteiger partial charge in [0.05, 0.1) is 24.5 Å². The van der Waals surface area contributed by atoms with Crippen LogP contribution in [0, 0.1) is 0 Å². The topological polar surface area (TPSA) is 141 Å². The third-order valence-electron chi connectivity index (χ3n) is 5.69. The van der Waals surface area contributed by atoms with E-state index in [1.165, 1.54) is 21.8 Å². The van der Waals surface area contributed by atoms with Crippen molar-refractivity contribution in [3.8, 4) is 0 Å². The molecular weight excluding hydrogens is 446 g/mol. The Morgan fingerprint density at radius 2 is 1.37 bits per heavy atom. The molecule has 0 bridgehead atoms. The van der Waals surface area contributed by atoms with E-state index in [0.29, 0.717) is 18.8 Å². The summed E-state index contributed by atoms with van der Waals surface area (Å²) < 4.78 is 6.58. The van der Waals surface area contributed by atoms with Gasteiger partial charge in [0.15, 0.2) is 0 Å². The van der Waals surface area contributed by atoms with Gasteiger partial charge in [0, 0.05) is 18.6 Å². The average molecular weight is 482 g/mol. The Morgan fingerprint density at radius 1 is 0.886 bits per heavy atom. The van der Waals surface area contributed by atoms with E-state index in [1.54, 1.807) is 0 Å². The second kappa shape index (κ2) is 14.1. The molecule has 35 heavy (non-hydrogen) atoms. The Balaban J connectivity index is 0.000000192. The molecule has 6 N–H and O–H groups in total. The van der Waals surface area contributed by atoms with Crippen molar-refractivity contribution in [1.29, 1.82) is 0 Å². The summed E-state index contributed by atoms with van der Waals surface area (Å²) in [4.78, 5) is 21.7. The first-order valence-corrected chi connectivity index (χ1v) is 11.7. The van der Waals surface area contributed by atoms with Crippen molar-refractivity contribution in [1.82, 2.24) is 4.57 Å². The molecule has 8 nitrogen and oxygen atoms in total. The molecule has 0 unspecified atom stereocenters. The van der Waals surface area contributed by atoms with E-state index >= 15 is 0 Å². The minimum atomic E-state index is -1.13. The van der Waals surface area contributed by atoms with Gasteiger partial charge in [0.1, 0.15) is 5.69 Å². The van der Waals surface area contributed by atoms with E-state index in [0.717, 1.165) is 12.8 Å². The monoisotopic (exact) mass is 481 g/mol. The number of hydrogen-bond donors (Lipinski definition) is 4. The van der Waals surface area contributed by atoms with Crippen LogP contribution in [0.2, 0.25) is 0 Å². The molecule has 1 aliphatic heterocycles. The Morgan fingerprint density at radius 3 is 1.77 bits per heavy atom. The Hall–Kier alpha value is -3.46. The molecule has 0 saturated heterocycles. The van der Waals surface area contributed by atoms with Crippen molar-refractivity contribution in [2.24, 2.45) is 11.5 Å². The summed E-state index contributed by atoms with van der Waals surface area (Å²) in [6, 6.07) is 21.9. The number of nitrogens with two attached hydrogens (primary N) is 2. The van der Waals surface area contributed by atoms with Crippen LogP contribution in [0.25, 0.3) is 0 Å². The molecule has 0 fully saturated rings. The Labute approximate surface area is 206 Å². The van der Waals surface area contributed by atoms with Crippen molar-refractivity contribution in [3.63, 3.8) is 0 Å². The fourth-order valence-corrected chi connectivity index (χ4v) is 3.56. The van der Waals surface area contributed by atoms with Gasteiger partial charge in [-0.1, -0.05) is 74.5 Å². The zero-order chi connectivity index (χ0) is 25.8. The van der Waals surface area contributed by atoms with E-state index < -0.39 is 11.9 Å². The van der Waals surface area contributed by atoms with E-state index in [2.05, 4.69) is 38.1 Å². The molecule has 1 aliphatic rings. The summed E-state index contributed by atoms with van der Waals surface area (Å²) >= 11 is 0. The average Bonchev–Trinajstić information content (AvgIpc) is 3.30. The third-order valence-corrected chi connectivity index (χ3v) is 5.69. The van der Waals surface area contributed by atoms with Crippen LogP contribution in [0.15, 0.2) is 66.7 Å². The van der Waals surface area contributed by atoms with Crippen LogP contribution in [0.3, 0.4) is 0 Å². The van der Waals surface area contributed by atoms with Crippen LogP contribution in [0.5, 0.6) is 0 Å². The van der Waals surface area contributed by atoms with Gasteiger partial charge in [0.25, 0.3) is 0 Å². The zero-order valence-corrected chi connectivity index (χ0v) is 20.3. The number of aromatic nitrogens is 1. The third kappa shape index (κ3) is 8.06. The Kier molecular flexibility index (Phi) is 11.2. The van der Waals surface area contributed by atoms with Gasteiger partial charge in [-0.3, -0.25) is 0 Å². The van der Waals surface area contributed by atoms with Crippen LogP contribution in [-0.2, 0) is 17.9 Å². The molecule has 188 valence electrons. The van der Waals surface area contributed by atoms with Gasteiger partial charge >= 0.3 is 11.9 Å². The summed E-state index contributed by atoms with van der Waals surface area (Å²) in [6.45, 7) is 5.12. The summed E-state index contributed by atoms with van der Waals surface area (Å²) in [6.07, 6.45) is 2.01. The normalized spacial score (nSPS) is 13.7. The fourth-order valence-electron chi connectivity index (χ4n) is 3.56. The van der Waals surface area contributed by atoms with Crippen molar-refractivity contribution in [2.75, 3.05) is 6.61 Å². The van der Waals surface area contributed by atoms with Gasteiger partial charge in [-0.05, 0) is 30.0 Å². The predicted octanol–water partition coefficient (Wildman–Crippen LogP) is 4.61. The van der Waals surface area contributed by atoms with E-state index in [4.69, 9.17) is 26.4 Å². The van der Waals surface area contributed by atoms with Crippen LogP contribution in [0.4, 0.5) is 0 Å². The van der Waals surface area contributed by atoms with E-state index in [-0.39, 0.29) is 29.9 Å². The van der Waals surface area contributed by atoms with Crippen molar-refractivity contribution in [2.45, 2.75) is 51.9 Å². The molecule has 2 atom stereocenters. The van der Waals surface area contributed by atoms with Crippen molar-refractivity contribution in [3.05, 3.63) is 94.8 Å². The molecule has 0 amide bonds. The highest BCUT2D eigenvalue weighted by Crippen LogP contribution is 2.21. The van der Waals surface area contributed by atoms with Crippen molar-refractivity contribution >= 4 is 11.9 Å². The first-order valence-electron chi connectivity index (χ1n) is 11.7. The highest BCUT2D eigenvalue weighted by molar-refractivity contribution is 5.94. The molecule has 0 spiro atoms. The second-order valence-electron chi connectivity index (χ2n) is 8.06. The molecular formula is C27H35N3O5. The van der Waals surface area contributed by atoms with Gasteiger partial charge in [-0.15, -0.1) is 0 Å². The molecule has 0 aliphatic carbocycles. The quantitative estimate of drug-likeness (QED) is 0.403. The molecule has 3 aromatic rings. The largest absolute Gasteiger partial charge is 0.478 e. The highest BCUT2D eigenvalue weighted by Gasteiger charge is 2.25. The maximum Gasteiger partial charge on any atom is 0.352 e. The summed E-state index contributed by atoms with van der Waals surface area (Å²) in [5.74, 6) is -2.25. The Bertz CT molecular complexity index is 983. The maximum absolute atomic E-state index is 10.9. The summed E-state index contributed by atoms with van der Waals surface area (Å²) in [5.41, 5.74) is 14.5. The number of rotatable bonds is 6. The van der Waals surface area contributed by atoms with Crippen LogP contribution < -0.4 is 11.5 Å². The molecule has 8 heteroatoms. The van der Waals surface area contributed by atoms with Crippen LogP contribution in [0.1, 0.15) is 76.4 Å². The van der Waals surface area contributed by atoms with Crippen LogP contribution >= 0.6 is 0 Å². The lowest BCUT2D eigenvalue weighted by Crippen LogP contribution is -2.21. The molecule has 2 heterocycles. The maximum atomic E-state index is 10.9. The summed E-state index contributed by atoms with van der Waals surface area (Å²) in [5, 5.41) is 17.8. The smallest absolute Gasteiger partial charge is 0.352 e. The van der Waals surface area contributed by atoms with Gasteiger partial charge < -0.3 is 31.0 Å². The molecule has 4 rings (SSSR count). The van der Waals surface area contributed by atoms with Gasteiger partial charge in [-0.25, -0.2) is 9.59 Å². The fraction of sp³-hybridized carbons (Fsp3) is 0.333. The minimum Gasteiger partial charge on any atom is -0.478 e. The standard InChI is InChI=1S/C9H9NO5.2C9H13N/c11-8(12)5-3-6(9(13)14)10-1-2-15-4-7(5)10;2*1-2-9(10)8-6-4-3-5-7-8/h3H,1-2,4H2,(H,11,12)(H,13,14);2*3-7,9H,2,10H2,1H3/t;2*9-/m.11/s1. The molecule has 2 aromatic carbocycles. The van der Waals surface area contributed by atoms with E-state index in [1.807, 2.05) is 36.4 Å². The van der Waals surface area contributed by atoms with Crippen LogP contribution in [-0.4, -0.2) is 33.3 Å². The number of carbonyl (C=O) groups is 2. The number of ether oxygens (including phenoxy) is 1. The number of nitrogens with zero attached hydrogens (tertiary/aromatic N) is 1. The number of fused-ring (bicyclic) bond motifs is 1. The number of carboxylic acids is 2. The number of aromatic carboxylic acids is 2. The number of benzene rings is 2. The molecule has 1 aromatic heterocycles. The first-order chi connectivity index (χ1) is 16.8. The first kappa shape index (κ1) is 27.8. The minimum absolute atomic E-state index is 0.00528. The lowest BCUT2D eigenvalue weighted by atomic mass is 10.1. The number of hydrogen-bond acceptors (Lipinski definition) is 5. The second-order valence-corrected chi connectivity index (χ2v) is 8.06. The lowest BCUT2D eigenvalue weighted by molar-refractivity contribution is 0.0620. The lowest BCUT2D eigenvalue weighted by Gasteiger charge is -2.17. The number of carboxylic acid groups (broad SMARTS) is 2. The van der Waals surface area contributed by atoms with Gasteiger partial charge in [-0.2, -0.15) is 0 Å². The zero-order valence-electron chi connectivity index (χ0n) is 20.3. The highest BCUT2D eigenvalue weighted by atomic mass is 16.5. The van der Waals surface area contributed by atoms with Gasteiger partial charge in [0.2, 0.25) is 0 Å². The predicted molar refractivity (Wildman–Crippen MR) is 135 cm³/mol. The molecule has 0 saturated carbocycles. The van der Waals surface area contributed by atoms with Crippen molar-refractivity contribution < 1.29 is 24.5 Å². The SMILES string of the molecule is CC[C@@H](N)c1ccccc1.CC[C@@H](N)c1ccccc1.O=C(O)c1cc(C(=O)O)n2c1COCC2.